The number of carboxylic acids is 1. The van der Waals surface area contributed by atoms with Crippen LogP contribution in [0.5, 0.6) is 0 Å². The molecule has 3 heteroatoms. The van der Waals surface area contributed by atoms with E-state index in [4.69, 9.17) is 5.11 Å². The van der Waals surface area contributed by atoms with E-state index in [-0.39, 0.29) is 11.5 Å². The summed E-state index contributed by atoms with van der Waals surface area (Å²) >= 11 is 0. The van der Waals surface area contributed by atoms with E-state index < -0.39 is 5.97 Å². The van der Waals surface area contributed by atoms with Crippen LogP contribution in [0.25, 0.3) is 0 Å². The lowest BCUT2D eigenvalue weighted by Gasteiger charge is -2.49. The molecule has 0 radical (unpaired) electrons. The molecule has 0 aliphatic carbocycles. The fourth-order valence-corrected chi connectivity index (χ4v) is 1.83. The Morgan fingerprint density at radius 1 is 1.70 bits per heavy atom. The molecular weight excluding hydrogens is 130 g/mol. The number of carbonyl (C=O) groups is 1. The first-order valence-corrected chi connectivity index (χ1v) is 3.38. The number of likely N-dealkylation sites (tertiary alicyclic amines) is 1. The molecule has 1 aliphatic rings. The number of aliphatic carboxylic acids is 1. The molecule has 3 nitrogen and oxygen atoms in total. The summed E-state index contributed by atoms with van der Waals surface area (Å²) in [4.78, 5) is 12.4. The van der Waals surface area contributed by atoms with E-state index in [1.54, 1.807) is 0 Å². The van der Waals surface area contributed by atoms with Crippen molar-refractivity contribution in [1.29, 1.82) is 0 Å². The van der Waals surface area contributed by atoms with Gasteiger partial charge in [0, 0.05) is 12.0 Å². The fourth-order valence-electron chi connectivity index (χ4n) is 1.83. The minimum absolute atomic E-state index is 0.0411. The summed E-state index contributed by atoms with van der Waals surface area (Å²) in [7, 11) is 1.84. The van der Waals surface area contributed by atoms with Crippen LogP contribution in [0.15, 0.2) is 0 Å². The summed E-state index contributed by atoms with van der Waals surface area (Å²) in [6, 6.07) is -0.285. The Kier molecular flexibility index (Phi) is 1.47. The molecule has 1 aliphatic heterocycles. The van der Waals surface area contributed by atoms with Crippen molar-refractivity contribution in [3.8, 4) is 0 Å². The molecule has 0 aromatic rings. The highest BCUT2D eigenvalue weighted by molar-refractivity contribution is 5.75. The van der Waals surface area contributed by atoms with E-state index in [0.29, 0.717) is 0 Å². The summed E-state index contributed by atoms with van der Waals surface area (Å²) in [5, 5.41) is 8.70. The average Bonchev–Trinajstić information content (AvgIpc) is 1.58. The van der Waals surface area contributed by atoms with Crippen LogP contribution in [0, 0.1) is 5.41 Å². The zero-order chi connectivity index (χ0) is 7.94. The van der Waals surface area contributed by atoms with Crippen molar-refractivity contribution in [3.63, 3.8) is 0 Å². The van der Waals surface area contributed by atoms with E-state index in [9.17, 15) is 4.79 Å². The van der Waals surface area contributed by atoms with Gasteiger partial charge in [0.25, 0.3) is 0 Å². The van der Waals surface area contributed by atoms with Gasteiger partial charge in [-0.15, -0.1) is 0 Å². The number of nitrogens with zero attached hydrogens (tertiary/aromatic N) is 1. The van der Waals surface area contributed by atoms with Crippen LogP contribution < -0.4 is 0 Å². The largest absolute Gasteiger partial charge is 0.480 e. The SMILES string of the molecule is CN1CC(C)(C)C1C(=O)O. The first kappa shape index (κ1) is 7.54. The minimum Gasteiger partial charge on any atom is -0.480 e. The standard InChI is InChI=1S/C7H13NO2/c1-7(2)4-8(3)5(7)6(9)10/h5H,4H2,1-3H3,(H,9,10). The smallest absolute Gasteiger partial charge is 0.321 e. The van der Waals surface area contributed by atoms with E-state index in [0.717, 1.165) is 6.54 Å². The number of hydrogen-bond acceptors (Lipinski definition) is 2. The van der Waals surface area contributed by atoms with Crippen molar-refractivity contribution >= 4 is 5.97 Å². The van der Waals surface area contributed by atoms with E-state index in [1.807, 2.05) is 25.8 Å². The molecule has 1 heterocycles. The molecule has 0 bridgehead atoms. The van der Waals surface area contributed by atoms with Gasteiger partial charge in [0.1, 0.15) is 6.04 Å². The quantitative estimate of drug-likeness (QED) is 0.578. The predicted octanol–water partition coefficient (Wildman–Crippen LogP) is 0.411. The molecule has 0 spiro atoms. The van der Waals surface area contributed by atoms with E-state index >= 15 is 0 Å². The third kappa shape index (κ3) is 0.904. The van der Waals surface area contributed by atoms with Gasteiger partial charge in [0.2, 0.25) is 0 Å². The Morgan fingerprint density at radius 2 is 2.20 bits per heavy atom. The molecule has 1 rings (SSSR count). The molecule has 1 saturated heterocycles. The summed E-state index contributed by atoms with van der Waals surface area (Å²) in [5.74, 6) is -0.709. The highest BCUT2D eigenvalue weighted by Crippen LogP contribution is 2.35. The van der Waals surface area contributed by atoms with Crippen LogP contribution in [0.1, 0.15) is 13.8 Å². The summed E-state index contributed by atoms with van der Waals surface area (Å²) in [6.45, 7) is 4.83. The van der Waals surface area contributed by atoms with Crippen molar-refractivity contribution < 1.29 is 9.90 Å². The molecule has 0 amide bonds. The predicted molar refractivity (Wildman–Crippen MR) is 37.8 cm³/mol. The van der Waals surface area contributed by atoms with Gasteiger partial charge in [-0.2, -0.15) is 0 Å². The Hall–Kier alpha value is -0.570. The summed E-state index contributed by atoms with van der Waals surface area (Å²) < 4.78 is 0. The molecule has 1 fully saturated rings. The molecule has 1 atom stereocenters. The number of rotatable bonds is 1. The van der Waals surface area contributed by atoms with Crippen LogP contribution in [-0.4, -0.2) is 35.6 Å². The van der Waals surface area contributed by atoms with Gasteiger partial charge >= 0.3 is 5.97 Å². The van der Waals surface area contributed by atoms with Crippen LogP contribution in [0.2, 0.25) is 0 Å². The molecule has 1 N–H and O–H groups in total. The van der Waals surface area contributed by atoms with Crippen LogP contribution in [-0.2, 0) is 4.79 Å². The van der Waals surface area contributed by atoms with Gasteiger partial charge in [-0.1, -0.05) is 13.8 Å². The van der Waals surface area contributed by atoms with Crippen molar-refractivity contribution in [2.75, 3.05) is 13.6 Å². The maximum absolute atomic E-state index is 10.6. The number of likely N-dealkylation sites (N-methyl/N-ethyl adjacent to an activating group) is 1. The van der Waals surface area contributed by atoms with Gasteiger partial charge in [-0.05, 0) is 7.05 Å². The van der Waals surface area contributed by atoms with Gasteiger partial charge in [-0.25, -0.2) is 0 Å². The molecule has 0 saturated carbocycles. The highest BCUT2D eigenvalue weighted by atomic mass is 16.4. The first-order valence-electron chi connectivity index (χ1n) is 3.38. The Balaban J connectivity index is 2.66. The molecule has 0 aromatic carbocycles. The van der Waals surface area contributed by atoms with Gasteiger partial charge < -0.3 is 5.11 Å². The number of carboxylic acid groups (broad SMARTS) is 1. The van der Waals surface area contributed by atoms with E-state index in [2.05, 4.69) is 0 Å². The lowest BCUT2D eigenvalue weighted by Crippen LogP contribution is -2.63. The molecule has 0 aromatic heterocycles. The second-order valence-corrected chi connectivity index (χ2v) is 3.64. The third-order valence-corrected chi connectivity index (χ3v) is 2.07. The monoisotopic (exact) mass is 143 g/mol. The van der Waals surface area contributed by atoms with Gasteiger partial charge in [-0.3, -0.25) is 9.69 Å². The minimum atomic E-state index is -0.709. The van der Waals surface area contributed by atoms with Gasteiger partial charge in [0.15, 0.2) is 0 Å². The van der Waals surface area contributed by atoms with Crippen molar-refractivity contribution in [2.45, 2.75) is 19.9 Å². The topological polar surface area (TPSA) is 40.5 Å². The lowest BCUT2D eigenvalue weighted by atomic mass is 9.75. The number of hydrogen-bond donors (Lipinski definition) is 1. The summed E-state index contributed by atoms with van der Waals surface area (Å²) in [6.07, 6.45) is 0. The average molecular weight is 143 g/mol. The lowest BCUT2D eigenvalue weighted by molar-refractivity contribution is -0.158. The van der Waals surface area contributed by atoms with Gasteiger partial charge in [0.05, 0.1) is 0 Å². The molecule has 10 heavy (non-hydrogen) atoms. The van der Waals surface area contributed by atoms with Crippen molar-refractivity contribution in [2.24, 2.45) is 5.41 Å². The van der Waals surface area contributed by atoms with Crippen LogP contribution in [0.3, 0.4) is 0 Å². The molecular formula is C7H13NO2. The first-order chi connectivity index (χ1) is 4.45. The molecule has 58 valence electrons. The Labute approximate surface area is 60.6 Å². The van der Waals surface area contributed by atoms with Crippen molar-refractivity contribution in [1.82, 2.24) is 4.90 Å². The Morgan fingerprint density at radius 3 is 2.30 bits per heavy atom. The Bertz CT molecular complexity index is 165. The normalized spacial score (nSPS) is 31.3. The fraction of sp³-hybridized carbons (Fsp3) is 0.857. The molecule has 1 unspecified atom stereocenters. The zero-order valence-electron chi connectivity index (χ0n) is 6.59. The maximum atomic E-state index is 10.6. The third-order valence-electron chi connectivity index (χ3n) is 2.07. The summed E-state index contributed by atoms with van der Waals surface area (Å²) in [5.41, 5.74) is -0.0411. The highest BCUT2D eigenvalue weighted by Gasteiger charge is 2.47. The van der Waals surface area contributed by atoms with E-state index in [1.165, 1.54) is 0 Å². The van der Waals surface area contributed by atoms with Crippen LogP contribution >= 0.6 is 0 Å². The van der Waals surface area contributed by atoms with Crippen molar-refractivity contribution in [3.05, 3.63) is 0 Å². The van der Waals surface area contributed by atoms with Crippen LogP contribution in [0.4, 0.5) is 0 Å². The second kappa shape index (κ2) is 1.95. The second-order valence-electron chi connectivity index (χ2n) is 3.64. The zero-order valence-corrected chi connectivity index (χ0v) is 6.59. The maximum Gasteiger partial charge on any atom is 0.321 e.